The number of aliphatic carboxylic acids is 2. The zero-order valence-electron chi connectivity index (χ0n) is 15.5. The molecular weight excluding hydrogens is 488 g/mol. The maximum absolute atomic E-state index is 9.98. The zero-order valence-corrected chi connectivity index (χ0v) is 16.6. The third kappa shape index (κ3) is 17.2. The quantitative estimate of drug-likeness (QED) is 0.120. The molecule has 0 aromatic heterocycles. The summed E-state index contributed by atoms with van der Waals surface area (Å²) in [5, 5.41) is 107. The molecule has 0 heterocycles. The Balaban J connectivity index is -0.0000000640. The summed E-state index contributed by atoms with van der Waals surface area (Å²) in [4.78, 5) is 20.0. The number of hydrogen-bond acceptors (Lipinski definition) is 14. The molecule has 8 atom stereocenters. The van der Waals surface area contributed by atoms with Crippen LogP contribution in [0.1, 0.15) is 0 Å². The minimum absolute atomic E-state index is 0. The molecule has 194 valence electrons. The van der Waals surface area contributed by atoms with Crippen molar-refractivity contribution in [2.75, 3.05) is 13.2 Å². The summed E-state index contributed by atoms with van der Waals surface area (Å²) in [7, 11) is 0. The van der Waals surface area contributed by atoms with Gasteiger partial charge in [0.2, 0.25) is 0 Å². The fraction of sp³-hybridized carbons (Fsp3) is 0.833. The molecule has 0 rings (SSSR count). The summed E-state index contributed by atoms with van der Waals surface area (Å²) in [6, 6.07) is 0. The number of aliphatic hydroxyl groups excluding tert-OH is 10. The standard InChI is InChI=1S/2C6H12O7.Fe.4H2O/c2*7-1-2(8)3(9)4(10)5(11)6(12)13;;;;;/h2*2-5,7-11H,1H2,(H,12,13);;4*1H2/q;;+2;;;;/p-2/t2*2-,3-,4+,5-;;;;;/m11...../s1. The summed E-state index contributed by atoms with van der Waals surface area (Å²) in [5.41, 5.74) is 0. The summed E-state index contributed by atoms with van der Waals surface area (Å²) < 4.78 is 0. The summed E-state index contributed by atoms with van der Waals surface area (Å²) >= 11 is 0. The maximum Gasteiger partial charge on any atom is 2.00 e. The van der Waals surface area contributed by atoms with Crippen LogP contribution in [-0.4, -0.2) is 147 Å². The van der Waals surface area contributed by atoms with E-state index in [1.54, 1.807) is 0 Å². The van der Waals surface area contributed by atoms with Gasteiger partial charge in [-0.05, 0) is 0 Å². The van der Waals surface area contributed by atoms with E-state index >= 15 is 0 Å². The molecule has 0 saturated carbocycles. The molecule has 18 nitrogen and oxygen atoms in total. The van der Waals surface area contributed by atoms with Gasteiger partial charge in [-0.2, -0.15) is 0 Å². The van der Waals surface area contributed by atoms with E-state index in [-0.39, 0.29) is 39.0 Å². The number of carboxylic acid groups (broad SMARTS) is 2. The topological polar surface area (TPSA) is 409 Å². The van der Waals surface area contributed by atoms with Gasteiger partial charge >= 0.3 is 17.1 Å². The van der Waals surface area contributed by atoms with E-state index in [1.807, 2.05) is 0 Å². The van der Waals surface area contributed by atoms with Gasteiger partial charge in [0.15, 0.2) is 0 Å². The molecule has 0 aliphatic carbocycles. The minimum Gasteiger partial charge on any atom is -0.547 e. The Labute approximate surface area is 184 Å². The Morgan fingerprint density at radius 2 is 0.742 bits per heavy atom. The molecule has 0 aromatic rings. The Morgan fingerprint density at radius 1 is 0.548 bits per heavy atom. The van der Waals surface area contributed by atoms with E-state index in [0.717, 1.165) is 0 Å². The fourth-order valence-corrected chi connectivity index (χ4v) is 1.32. The number of carbonyl (C=O) groups excluding carboxylic acids is 2. The van der Waals surface area contributed by atoms with Gasteiger partial charge in [0.05, 0.1) is 25.2 Å². The molecule has 18 N–H and O–H groups in total. The van der Waals surface area contributed by atoms with Crippen LogP contribution >= 0.6 is 0 Å². The van der Waals surface area contributed by atoms with E-state index in [9.17, 15) is 19.8 Å². The summed E-state index contributed by atoms with van der Waals surface area (Å²) in [5.74, 6) is -3.95. The SMILES string of the molecule is O.O.O.O.O=C([O-])[C@H](O)[C@@H](O)[C@H](O)[C@H](O)CO.O=C([O-])[C@H](O)[C@@H](O)[C@H](O)[C@H](O)CO.[Fe+2]. The second-order valence-corrected chi connectivity index (χ2v) is 4.99. The molecule has 19 heteroatoms. The van der Waals surface area contributed by atoms with Crippen LogP contribution in [0.2, 0.25) is 0 Å². The molecule has 0 spiro atoms. The van der Waals surface area contributed by atoms with Crippen LogP contribution in [0.3, 0.4) is 0 Å². The molecule has 0 aromatic carbocycles. The number of carboxylic acids is 2. The summed E-state index contributed by atoms with van der Waals surface area (Å²) in [6.07, 6.45) is -16.2. The first-order valence-corrected chi connectivity index (χ1v) is 6.91. The van der Waals surface area contributed by atoms with Gasteiger partial charge in [-0.25, -0.2) is 0 Å². The fourth-order valence-electron chi connectivity index (χ4n) is 1.32. The van der Waals surface area contributed by atoms with Gasteiger partial charge in [0.25, 0.3) is 0 Å². The molecule has 0 amide bonds. The van der Waals surface area contributed by atoms with Gasteiger partial charge in [0.1, 0.15) is 48.8 Å². The van der Waals surface area contributed by atoms with E-state index in [0.29, 0.717) is 0 Å². The average molecular weight is 518 g/mol. The predicted octanol–water partition coefficient (Wildman–Crippen LogP) is -13.0. The van der Waals surface area contributed by atoms with Crippen LogP contribution in [0.4, 0.5) is 0 Å². The third-order valence-electron chi connectivity index (χ3n) is 2.99. The van der Waals surface area contributed by atoms with Crippen molar-refractivity contribution in [1.82, 2.24) is 0 Å². The molecule has 31 heavy (non-hydrogen) atoms. The van der Waals surface area contributed by atoms with E-state index in [1.165, 1.54) is 0 Å². The van der Waals surface area contributed by atoms with Crippen molar-refractivity contribution in [3.05, 3.63) is 0 Å². The molecule has 0 aliphatic heterocycles. The van der Waals surface area contributed by atoms with Crippen molar-refractivity contribution >= 4 is 11.9 Å². The van der Waals surface area contributed by atoms with E-state index in [4.69, 9.17) is 51.1 Å². The van der Waals surface area contributed by atoms with Gasteiger partial charge in [-0.15, -0.1) is 0 Å². The molecule has 0 saturated heterocycles. The molecule has 0 radical (unpaired) electrons. The van der Waals surface area contributed by atoms with E-state index in [2.05, 4.69) is 0 Å². The number of carbonyl (C=O) groups is 2. The second-order valence-electron chi connectivity index (χ2n) is 4.99. The Hall–Kier alpha value is -1.10. The van der Waals surface area contributed by atoms with Crippen LogP contribution in [0.15, 0.2) is 0 Å². The van der Waals surface area contributed by atoms with Gasteiger partial charge in [-0.1, -0.05) is 0 Å². The van der Waals surface area contributed by atoms with Gasteiger partial charge < -0.3 is 92.8 Å². The average Bonchev–Trinajstić information content (AvgIpc) is 2.62. The van der Waals surface area contributed by atoms with Crippen molar-refractivity contribution in [2.45, 2.75) is 48.8 Å². The van der Waals surface area contributed by atoms with Crippen LogP contribution in [0, 0.1) is 0 Å². The first-order chi connectivity index (χ1) is 11.8. The summed E-state index contributed by atoms with van der Waals surface area (Å²) in [6.45, 7) is -1.73. The normalized spacial score (nSPS) is 17.1. The van der Waals surface area contributed by atoms with Crippen LogP contribution in [0.5, 0.6) is 0 Å². The largest absolute Gasteiger partial charge is 2.00 e. The number of rotatable bonds is 10. The van der Waals surface area contributed by atoms with Crippen molar-refractivity contribution in [3.63, 3.8) is 0 Å². The van der Waals surface area contributed by atoms with Gasteiger partial charge in [0, 0.05) is 0 Å². The zero-order chi connectivity index (χ0) is 21.2. The minimum atomic E-state index is -2.31. The van der Waals surface area contributed by atoms with Crippen molar-refractivity contribution < 1.29 is 110 Å². The third-order valence-corrected chi connectivity index (χ3v) is 2.99. The first kappa shape index (κ1) is 47.6. The maximum atomic E-state index is 9.98. The van der Waals surface area contributed by atoms with Crippen LogP contribution < -0.4 is 10.2 Å². The molecule has 0 unspecified atom stereocenters. The number of aliphatic hydroxyl groups is 10. The molecule has 0 bridgehead atoms. The molecular formula is C12H30FeO18. The molecule has 0 aliphatic rings. The molecule has 0 fully saturated rings. The monoisotopic (exact) mass is 518 g/mol. The predicted molar refractivity (Wildman–Crippen MR) is 86.7 cm³/mol. The Morgan fingerprint density at radius 3 is 0.871 bits per heavy atom. The second kappa shape index (κ2) is 23.6. The van der Waals surface area contributed by atoms with E-state index < -0.39 is 74.0 Å². The Kier molecular flexibility index (Phi) is 36.2. The van der Waals surface area contributed by atoms with Crippen molar-refractivity contribution in [2.24, 2.45) is 0 Å². The van der Waals surface area contributed by atoms with Gasteiger partial charge in [-0.3, -0.25) is 0 Å². The van der Waals surface area contributed by atoms with Crippen LogP contribution in [0.25, 0.3) is 0 Å². The Bertz CT molecular complexity index is 388. The smallest absolute Gasteiger partial charge is 0.547 e. The van der Waals surface area contributed by atoms with Crippen molar-refractivity contribution in [3.8, 4) is 0 Å². The number of hydrogen-bond donors (Lipinski definition) is 10. The van der Waals surface area contributed by atoms with Crippen molar-refractivity contribution in [1.29, 1.82) is 0 Å². The first-order valence-electron chi connectivity index (χ1n) is 6.91. The van der Waals surface area contributed by atoms with Crippen LogP contribution in [-0.2, 0) is 26.7 Å².